The lowest BCUT2D eigenvalue weighted by Gasteiger charge is -2.03. The molecule has 1 unspecified atom stereocenters. The summed E-state index contributed by atoms with van der Waals surface area (Å²) in [7, 11) is 0. The smallest absolute Gasteiger partial charge is 0.330 e. The first-order chi connectivity index (χ1) is 14.0. The zero-order valence-electron chi connectivity index (χ0n) is 15.7. The van der Waals surface area contributed by atoms with E-state index in [1.165, 1.54) is 33.3 Å². The molecule has 5 rings (SSSR count). The number of imidazole rings is 1. The van der Waals surface area contributed by atoms with Crippen molar-refractivity contribution in [3.8, 4) is 21.1 Å². The van der Waals surface area contributed by atoms with E-state index in [-0.39, 0.29) is 10.4 Å². The van der Waals surface area contributed by atoms with E-state index >= 15 is 0 Å². The first kappa shape index (κ1) is 18.5. The van der Waals surface area contributed by atoms with E-state index in [1.807, 2.05) is 18.2 Å². The highest BCUT2D eigenvalue weighted by Crippen LogP contribution is 2.39. The van der Waals surface area contributed by atoms with Crippen molar-refractivity contribution in [3.63, 3.8) is 0 Å². The largest absolute Gasteiger partial charge is 0.407 e. The van der Waals surface area contributed by atoms with Crippen molar-refractivity contribution in [3.05, 3.63) is 65.2 Å². The Morgan fingerprint density at radius 1 is 1.03 bits per heavy atom. The van der Waals surface area contributed by atoms with Crippen LogP contribution in [0.5, 0.6) is 0 Å². The number of rotatable bonds is 3. The third kappa shape index (κ3) is 3.39. The molecular weight excluding hydrogens is 420 g/mol. The Hall–Kier alpha value is -2.48. The van der Waals surface area contributed by atoms with Crippen LogP contribution in [-0.4, -0.2) is 20.3 Å². The van der Waals surface area contributed by atoms with E-state index in [9.17, 15) is 4.79 Å². The molecule has 0 aliphatic carbocycles. The molecule has 4 aromatic rings. The third-order valence-electron chi connectivity index (χ3n) is 5.05. The van der Waals surface area contributed by atoms with Crippen LogP contribution in [-0.2, 0) is 9.53 Å². The Balaban J connectivity index is 1.48. The minimum Gasteiger partial charge on any atom is -0.407 e. The summed E-state index contributed by atoms with van der Waals surface area (Å²) in [5.41, 5.74) is 6.42. The van der Waals surface area contributed by atoms with Crippen molar-refractivity contribution in [2.75, 3.05) is 0 Å². The highest BCUT2D eigenvalue weighted by molar-refractivity contribution is 8.23. The van der Waals surface area contributed by atoms with Gasteiger partial charge in [0, 0.05) is 4.88 Å². The number of thiocarbonyl (C=S) groups is 1. The molecule has 1 saturated heterocycles. The number of ether oxygens (including phenoxy) is 1. The highest BCUT2D eigenvalue weighted by atomic mass is 32.2. The van der Waals surface area contributed by atoms with E-state index in [2.05, 4.69) is 49.2 Å². The van der Waals surface area contributed by atoms with E-state index in [1.54, 1.807) is 11.3 Å². The molecule has 0 saturated carbocycles. The Morgan fingerprint density at radius 3 is 2.62 bits per heavy atom. The number of fused-ring (bicyclic) bond motifs is 1. The van der Waals surface area contributed by atoms with Crippen LogP contribution in [0.3, 0.4) is 0 Å². The van der Waals surface area contributed by atoms with Gasteiger partial charge in [-0.2, -0.15) is 0 Å². The summed E-state index contributed by atoms with van der Waals surface area (Å²) in [4.78, 5) is 22.4. The number of H-pyrrole nitrogens is 1. The van der Waals surface area contributed by atoms with Gasteiger partial charge in [0.15, 0.2) is 0 Å². The number of aryl methyl sites for hydroxylation is 2. The Bertz CT molecular complexity index is 1290. The summed E-state index contributed by atoms with van der Waals surface area (Å²) >= 11 is 7.97. The maximum Gasteiger partial charge on any atom is 0.330 e. The summed E-state index contributed by atoms with van der Waals surface area (Å²) in [5, 5.41) is -0.406. The summed E-state index contributed by atoms with van der Waals surface area (Å²) in [5.74, 6) is 0.518. The molecule has 1 fully saturated rings. The van der Waals surface area contributed by atoms with Crippen molar-refractivity contribution >= 4 is 56.7 Å². The fourth-order valence-electron chi connectivity index (χ4n) is 3.33. The van der Waals surface area contributed by atoms with E-state index in [0.717, 1.165) is 27.3 Å². The average Bonchev–Trinajstić information content (AvgIpc) is 3.41. The number of nitrogens with zero attached hydrogens (tertiary/aromatic N) is 1. The predicted molar refractivity (Wildman–Crippen MR) is 123 cm³/mol. The number of cyclic esters (lactones) is 1. The van der Waals surface area contributed by atoms with Gasteiger partial charge in [-0.1, -0.05) is 36.0 Å². The van der Waals surface area contributed by atoms with E-state index in [4.69, 9.17) is 21.9 Å². The quantitative estimate of drug-likeness (QED) is 0.306. The fraction of sp³-hybridized carbons (Fsp3) is 0.136. The minimum atomic E-state index is -0.406. The van der Waals surface area contributed by atoms with Crippen molar-refractivity contribution in [2.45, 2.75) is 19.1 Å². The number of nitrogens with one attached hydrogen (secondary N) is 1. The first-order valence-electron chi connectivity index (χ1n) is 9.08. The molecule has 144 valence electrons. The van der Waals surface area contributed by atoms with Gasteiger partial charge in [-0.25, -0.2) is 4.98 Å². The number of carbonyl (C=O) groups excluding carboxylic acids is 1. The monoisotopic (exact) mass is 436 g/mol. The third-order valence-corrected chi connectivity index (χ3v) is 7.54. The second-order valence-electron chi connectivity index (χ2n) is 6.99. The molecule has 4 nitrogen and oxygen atoms in total. The van der Waals surface area contributed by atoms with Gasteiger partial charge < -0.3 is 9.72 Å². The number of thiophene rings is 1. The van der Waals surface area contributed by atoms with Gasteiger partial charge in [0.1, 0.15) is 11.1 Å². The SMILES string of the molecule is Cc1ccc(-c2ccc(-c3nc4ccc(C5SC(=S)OC5=O)cc4[nH]3)s2)cc1C. The lowest BCUT2D eigenvalue weighted by atomic mass is 10.1. The molecule has 2 aromatic heterocycles. The van der Waals surface area contributed by atoms with Crippen molar-refractivity contribution in [2.24, 2.45) is 0 Å². The molecule has 0 radical (unpaired) electrons. The number of carbonyl (C=O) groups is 1. The molecule has 2 aromatic carbocycles. The van der Waals surface area contributed by atoms with Crippen LogP contribution in [0.2, 0.25) is 0 Å². The van der Waals surface area contributed by atoms with Crippen molar-refractivity contribution < 1.29 is 9.53 Å². The molecule has 1 aliphatic rings. The zero-order chi connectivity index (χ0) is 20.1. The van der Waals surface area contributed by atoms with Gasteiger partial charge >= 0.3 is 5.97 Å². The second-order valence-corrected chi connectivity index (χ2v) is 9.78. The average molecular weight is 437 g/mol. The molecule has 0 bridgehead atoms. The van der Waals surface area contributed by atoms with Gasteiger partial charge in [-0.15, -0.1) is 11.3 Å². The normalized spacial score (nSPS) is 16.6. The maximum atomic E-state index is 12.0. The Morgan fingerprint density at radius 2 is 1.86 bits per heavy atom. The summed E-state index contributed by atoms with van der Waals surface area (Å²) in [6.07, 6.45) is 0. The van der Waals surface area contributed by atoms with Crippen LogP contribution in [0, 0.1) is 13.8 Å². The number of esters is 1. The Kier molecular flexibility index (Phi) is 4.53. The first-order valence-corrected chi connectivity index (χ1v) is 11.2. The molecule has 1 atom stereocenters. The van der Waals surface area contributed by atoms with E-state index < -0.39 is 5.25 Å². The van der Waals surface area contributed by atoms with Crippen LogP contribution >= 0.6 is 35.3 Å². The van der Waals surface area contributed by atoms with Gasteiger partial charge in [-0.05, 0) is 72.6 Å². The van der Waals surface area contributed by atoms with Gasteiger partial charge in [0.25, 0.3) is 0 Å². The topological polar surface area (TPSA) is 55.0 Å². The zero-order valence-corrected chi connectivity index (χ0v) is 18.1. The molecule has 0 amide bonds. The summed E-state index contributed by atoms with van der Waals surface area (Å²) in [6, 6.07) is 16.6. The molecular formula is C22H16N2O2S3. The summed E-state index contributed by atoms with van der Waals surface area (Å²) in [6.45, 7) is 4.26. The second kappa shape index (κ2) is 7.09. The molecule has 3 heterocycles. The molecule has 0 spiro atoms. The number of aromatic nitrogens is 2. The lowest BCUT2D eigenvalue weighted by molar-refractivity contribution is -0.133. The van der Waals surface area contributed by atoms with Crippen LogP contribution < -0.4 is 0 Å². The summed E-state index contributed by atoms with van der Waals surface area (Å²) < 4.78 is 5.29. The van der Waals surface area contributed by atoms with E-state index in [0.29, 0.717) is 0 Å². The molecule has 1 aliphatic heterocycles. The Labute approximate surface area is 181 Å². The number of benzene rings is 2. The number of thioether (sulfide) groups is 1. The van der Waals surface area contributed by atoms with Crippen molar-refractivity contribution in [1.82, 2.24) is 9.97 Å². The maximum absolute atomic E-state index is 12.0. The van der Waals surface area contributed by atoms with Crippen LogP contribution in [0.25, 0.3) is 32.2 Å². The van der Waals surface area contributed by atoms with Gasteiger partial charge in [0.05, 0.1) is 15.9 Å². The fourth-order valence-corrected chi connectivity index (χ4v) is 5.40. The highest BCUT2D eigenvalue weighted by Gasteiger charge is 2.33. The minimum absolute atomic E-state index is 0.280. The number of aromatic amines is 1. The van der Waals surface area contributed by atoms with Gasteiger partial charge in [0.2, 0.25) is 4.38 Å². The lowest BCUT2D eigenvalue weighted by Crippen LogP contribution is -2.04. The predicted octanol–water partition coefficient (Wildman–Crippen LogP) is 6.19. The number of hydrogen-bond donors (Lipinski definition) is 1. The van der Waals surface area contributed by atoms with Crippen LogP contribution in [0.1, 0.15) is 21.9 Å². The van der Waals surface area contributed by atoms with Crippen LogP contribution in [0.15, 0.2) is 48.5 Å². The number of hydrogen-bond acceptors (Lipinski definition) is 6. The molecule has 1 N–H and O–H groups in total. The van der Waals surface area contributed by atoms with Crippen molar-refractivity contribution in [1.29, 1.82) is 0 Å². The van der Waals surface area contributed by atoms with Crippen LogP contribution in [0.4, 0.5) is 0 Å². The standard InChI is InChI=1S/C22H16N2O2S3/c1-11-3-4-13(9-12(11)2)17-7-8-18(28-17)20-23-15-6-5-14(10-16(15)24-20)19-21(25)26-22(27)29-19/h3-10,19H,1-2H3,(H,23,24). The molecule has 7 heteroatoms. The molecule has 29 heavy (non-hydrogen) atoms. The van der Waals surface area contributed by atoms with Gasteiger partial charge in [-0.3, -0.25) is 4.79 Å².